The number of benzene rings is 1. The molecule has 0 atom stereocenters. The summed E-state index contributed by atoms with van der Waals surface area (Å²) in [6.07, 6.45) is 3.22. The normalized spacial score (nSPS) is 10.2. The van der Waals surface area contributed by atoms with Crippen molar-refractivity contribution in [3.63, 3.8) is 0 Å². The lowest BCUT2D eigenvalue weighted by Crippen LogP contribution is -2.31. The van der Waals surface area contributed by atoms with Crippen molar-refractivity contribution in [3.8, 4) is 0 Å². The van der Waals surface area contributed by atoms with Crippen molar-refractivity contribution in [2.75, 3.05) is 11.4 Å². The van der Waals surface area contributed by atoms with Crippen LogP contribution < -0.4 is 4.90 Å². The molecule has 1 aromatic heterocycles. The summed E-state index contributed by atoms with van der Waals surface area (Å²) in [7, 11) is 0. The van der Waals surface area contributed by atoms with E-state index >= 15 is 0 Å². The fraction of sp³-hybridized carbons (Fsp3) is 0.200. The Labute approximate surface area is 122 Å². The third kappa shape index (κ3) is 3.05. The Morgan fingerprint density at radius 3 is 2.71 bits per heavy atom. The molecule has 0 radical (unpaired) electrons. The largest absolute Gasteiger partial charge is 0.307 e. The van der Waals surface area contributed by atoms with E-state index in [2.05, 4.69) is 4.98 Å². The summed E-state index contributed by atoms with van der Waals surface area (Å²) >= 11 is 0. The van der Waals surface area contributed by atoms with Crippen molar-refractivity contribution in [1.82, 2.24) is 4.98 Å². The van der Waals surface area contributed by atoms with Gasteiger partial charge in [0.15, 0.2) is 0 Å². The number of nitro benzene ring substituents is 1. The minimum absolute atomic E-state index is 0.0915. The molecule has 1 amide bonds. The molecule has 108 valence electrons. The molecule has 1 aromatic carbocycles. The Bertz CT molecular complexity index is 671. The van der Waals surface area contributed by atoms with Crippen LogP contribution in [-0.2, 0) is 0 Å². The van der Waals surface area contributed by atoms with E-state index in [1.807, 2.05) is 6.92 Å². The van der Waals surface area contributed by atoms with Gasteiger partial charge in [-0.2, -0.15) is 0 Å². The molecule has 0 saturated heterocycles. The molecule has 0 saturated carbocycles. The minimum Gasteiger partial charge on any atom is -0.307 e. The summed E-state index contributed by atoms with van der Waals surface area (Å²) in [6, 6.07) is 7.82. The molecule has 0 bridgehead atoms. The fourth-order valence-electron chi connectivity index (χ4n) is 2.06. The predicted octanol–water partition coefficient (Wildman–Crippen LogP) is 2.96. The van der Waals surface area contributed by atoms with Gasteiger partial charge in [0.2, 0.25) is 0 Å². The van der Waals surface area contributed by atoms with Crippen LogP contribution in [0.5, 0.6) is 0 Å². The van der Waals surface area contributed by atoms with Crippen molar-refractivity contribution in [1.29, 1.82) is 0 Å². The van der Waals surface area contributed by atoms with Crippen LogP contribution in [0.15, 0.2) is 42.7 Å². The van der Waals surface area contributed by atoms with E-state index in [-0.39, 0.29) is 11.6 Å². The van der Waals surface area contributed by atoms with Crippen LogP contribution in [0.4, 0.5) is 11.4 Å². The van der Waals surface area contributed by atoms with Crippen molar-refractivity contribution in [2.45, 2.75) is 13.8 Å². The van der Waals surface area contributed by atoms with Gasteiger partial charge in [-0.1, -0.05) is 6.07 Å². The molecule has 1 heterocycles. The summed E-state index contributed by atoms with van der Waals surface area (Å²) < 4.78 is 0. The lowest BCUT2D eigenvalue weighted by atomic mass is 10.1. The summed E-state index contributed by atoms with van der Waals surface area (Å²) in [5, 5.41) is 10.9. The zero-order chi connectivity index (χ0) is 15.4. The number of non-ortho nitro benzene ring substituents is 1. The molecule has 0 aliphatic rings. The van der Waals surface area contributed by atoms with Crippen LogP contribution in [0.3, 0.4) is 0 Å². The number of pyridine rings is 1. The summed E-state index contributed by atoms with van der Waals surface area (Å²) in [6.45, 7) is 4.05. The van der Waals surface area contributed by atoms with E-state index in [0.717, 1.165) is 0 Å². The van der Waals surface area contributed by atoms with Crippen LogP contribution in [-0.4, -0.2) is 22.4 Å². The van der Waals surface area contributed by atoms with Crippen LogP contribution in [0.25, 0.3) is 0 Å². The molecule has 2 aromatic rings. The monoisotopic (exact) mass is 285 g/mol. The highest BCUT2D eigenvalue weighted by Crippen LogP contribution is 2.21. The molecule has 6 nitrogen and oxygen atoms in total. The first-order valence-electron chi connectivity index (χ1n) is 6.51. The average molecular weight is 285 g/mol. The quantitative estimate of drug-likeness (QED) is 0.639. The molecule has 2 rings (SSSR count). The molecule has 6 heteroatoms. The maximum Gasteiger partial charge on any atom is 0.270 e. The Kier molecular flexibility index (Phi) is 4.27. The van der Waals surface area contributed by atoms with Gasteiger partial charge in [0.1, 0.15) is 0 Å². The maximum atomic E-state index is 12.6. The second-order valence-electron chi connectivity index (χ2n) is 4.52. The van der Waals surface area contributed by atoms with Crippen LogP contribution in [0, 0.1) is 17.0 Å². The second kappa shape index (κ2) is 6.13. The summed E-state index contributed by atoms with van der Waals surface area (Å²) in [5.41, 5.74) is 1.60. The van der Waals surface area contributed by atoms with E-state index in [1.165, 1.54) is 12.1 Å². The molecule has 0 N–H and O–H groups in total. The van der Waals surface area contributed by atoms with Crippen molar-refractivity contribution >= 4 is 17.3 Å². The SMILES string of the molecule is CCN(C(=O)c1cc([N+](=O)[O-])ccc1C)c1cccnc1. The number of amides is 1. The maximum absolute atomic E-state index is 12.6. The first-order valence-corrected chi connectivity index (χ1v) is 6.51. The number of hydrogen-bond donors (Lipinski definition) is 0. The van der Waals surface area contributed by atoms with E-state index < -0.39 is 4.92 Å². The van der Waals surface area contributed by atoms with E-state index in [0.29, 0.717) is 23.4 Å². The Morgan fingerprint density at radius 1 is 1.38 bits per heavy atom. The lowest BCUT2D eigenvalue weighted by molar-refractivity contribution is -0.384. The number of carbonyl (C=O) groups is 1. The predicted molar refractivity (Wildman–Crippen MR) is 79.4 cm³/mol. The average Bonchev–Trinajstić information content (AvgIpc) is 2.49. The molecule has 0 unspecified atom stereocenters. The fourth-order valence-corrected chi connectivity index (χ4v) is 2.06. The van der Waals surface area contributed by atoms with Gasteiger partial charge in [-0.3, -0.25) is 19.9 Å². The van der Waals surface area contributed by atoms with E-state index in [1.54, 1.807) is 42.4 Å². The van der Waals surface area contributed by atoms with Gasteiger partial charge in [-0.15, -0.1) is 0 Å². The van der Waals surface area contributed by atoms with E-state index in [9.17, 15) is 14.9 Å². The van der Waals surface area contributed by atoms with Gasteiger partial charge in [0.05, 0.1) is 16.8 Å². The van der Waals surface area contributed by atoms with Crippen LogP contribution in [0.1, 0.15) is 22.8 Å². The van der Waals surface area contributed by atoms with E-state index in [4.69, 9.17) is 0 Å². The number of nitrogens with zero attached hydrogens (tertiary/aromatic N) is 3. The van der Waals surface area contributed by atoms with Crippen LogP contribution >= 0.6 is 0 Å². The van der Waals surface area contributed by atoms with Crippen molar-refractivity contribution in [3.05, 3.63) is 64.0 Å². The van der Waals surface area contributed by atoms with Gasteiger partial charge >= 0.3 is 0 Å². The molecule has 21 heavy (non-hydrogen) atoms. The van der Waals surface area contributed by atoms with Crippen LogP contribution in [0.2, 0.25) is 0 Å². The molecule has 0 aliphatic carbocycles. The second-order valence-corrected chi connectivity index (χ2v) is 4.52. The van der Waals surface area contributed by atoms with Crippen molar-refractivity contribution < 1.29 is 9.72 Å². The highest BCUT2D eigenvalue weighted by atomic mass is 16.6. The Balaban J connectivity index is 2.43. The zero-order valence-electron chi connectivity index (χ0n) is 11.8. The van der Waals surface area contributed by atoms with Gasteiger partial charge in [-0.05, 0) is 31.5 Å². The molecular formula is C15H15N3O3. The summed E-state index contributed by atoms with van der Waals surface area (Å²) in [4.78, 5) is 28.5. The Morgan fingerprint density at radius 2 is 2.14 bits per heavy atom. The first-order chi connectivity index (χ1) is 10.0. The number of anilines is 1. The number of rotatable bonds is 4. The summed E-state index contributed by atoms with van der Waals surface area (Å²) in [5.74, 6) is -0.272. The third-order valence-corrected chi connectivity index (χ3v) is 3.18. The lowest BCUT2D eigenvalue weighted by Gasteiger charge is -2.21. The molecular weight excluding hydrogens is 270 g/mol. The number of nitro groups is 1. The van der Waals surface area contributed by atoms with Gasteiger partial charge in [0, 0.05) is 30.4 Å². The van der Waals surface area contributed by atoms with Gasteiger partial charge < -0.3 is 4.90 Å². The highest BCUT2D eigenvalue weighted by Gasteiger charge is 2.20. The number of aryl methyl sites for hydroxylation is 1. The topological polar surface area (TPSA) is 76.3 Å². The van der Waals surface area contributed by atoms with Crippen molar-refractivity contribution in [2.24, 2.45) is 0 Å². The minimum atomic E-state index is -0.503. The highest BCUT2D eigenvalue weighted by molar-refractivity contribution is 6.07. The smallest absolute Gasteiger partial charge is 0.270 e. The number of hydrogen-bond acceptors (Lipinski definition) is 4. The molecule has 0 aliphatic heterocycles. The molecule has 0 spiro atoms. The van der Waals surface area contributed by atoms with Gasteiger partial charge in [0.25, 0.3) is 11.6 Å². The zero-order valence-corrected chi connectivity index (χ0v) is 11.8. The standard InChI is InChI=1S/C15H15N3O3/c1-3-17(13-5-4-8-16-10-13)15(19)14-9-12(18(20)21)7-6-11(14)2/h4-10H,3H2,1-2H3. The third-order valence-electron chi connectivity index (χ3n) is 3.18. The Hall–Kier alpha value is -2.76. The number of aromatic nitrogens is 1. The molecule has 0 fully saturated rings. The first kappa shape index (κ1) is 14.6. The number of carbonyl (C=O) groups excluding carboxylic acids is 1. The van der Waals surface area contributed by atoms with Gasteiger partial charge in [-0.25, -0.2) is 0 Å².